The molecule has 210 valence electrons. The van der Waals surface area contributed by atoms with Gasteiger partial charge in [-0.05, 0) is 6.42 Å². The maximum absolute atomic E-state index is 11.8. The van der Waals surface area contributed by atoms with Crippen LogP contribution in [0.5, 0.6) is 0 Å². The van der Waals surface area contributed by atoms with Gasteiger partial charge in [-0.25, -0.2) is 18.5 Å². The van der Waals surface area contributed by atoms with Crippen molar-refractivity contribution in [2.75, 3.05) is 6.61 Å². The molecular formula is C14H27N2O17P3. The van der Waals surface area contributed by atoms with E-state index in [2.05, 4.69) is 16.8 Å². The summed E-state index contributed by atoms with van der Waals surface area (Å²) in [5.41, 5.74) is -0.998. The van der Waals surface area contributed by atoms with Crippen LogP contribution in [0.4, 0.5) is 0 Å². The lowest BCUT2D eigenvalue weighted by Crippen LogP contribution is -2.33. The van der Waals surface area contributed by atoms with Crippen LogP contribution in [0.3, 0.4) is 0 Å². The van der Waals surface area contributed by atoms with Crippen molar-refractivity contribution in [3.05, 3.63) is 32.6 Å². The highest BCUT2D eigenvalue weighted by atomic mass is 31.2. The Hall–Kier alpha value is -1.55. The second-order valence-corrected chi connectivity index (χ2v) is 9.50. The maximum atomic E-state index is 11.8. The van der Waals surface area contributed by atoms with Gasteiger partial charge in [0.2, 0.25) is 0 Å². The van der Waals surface area contributed by atoms with Crippen LogP contribution < -0.4 is 11.2 Å². The van der Waals surface area contributed by atoms with Gasteiger partial charge < -0.3 is 59.0 Å². The van der Waals surface area contributed by atoms with E-state index >= 15 is 0 Å². The Morgan fingerprint density at radius 1 is 1.00 bits per heavy atom. The number of rotatable bonds is 3. The third-order valence-corrected chi connectivity index (χ3v) is 3.26. The number of aromatic amines is 1. The van der Waals surface area contributed by atoms with E-state index in [0.29, 0.717) is 6.42 Å². The van der Waals surface area contributed by atoms with Gasteiger partial charge in [-0.3, -0.25) is 14.3 Å². The molecule has 1 saturated heterocycles. The molecule has 2 heterocycles. The van der Waals surface area contributed by atoms with Crippen molar-refractivity contribution < 1.29 is 72.7 Å². The van der Waals surface area contributed by atoms with Gasteiger partial charge in [0.25, 0.3) is 5.56 Å². The first-order chi connectivity index (χ1) is 16.1. The molecule has 1 aromatic rings. The summed E-state index contributed by atoms with van der Waals surface area (Å²) in [7, 11) is -13.9. The molecule has 2 rings (SSSR count). The Labute approximate surface area is 202 Å². The molecule has 19 nitrogen and oxygen atoms in total. The third-order valence-electron chi connectivity index (χ3n) is 3.26. The molecule has 0 aromatic carbocycles. The fraction of sp³-hybridized carbons (Fsp3) is 0.571. The lowest BCUT2D eigenvalue weighted by Gasteiger charge is -2.14. The van der Waals surface area contributed by atoms with Gasteiger partial charge in [0.05, 0.1) is 12.7 Å². The van der Waals surface area contributed by atoms with Gasteiger partial charge in [0.15, 0.2) is 0 Å². The molecular weight excluding hydrogens is 561 g/mol. The average molecular weight is 588 g/mol. The van der Waals surface area contributed by atoms with Gasteiger partial charge in [-0.15, -0.1) is 0 Å². The highest BCUT2D eigenvalue weighted by Crippen LogP contribution is 2.28. The molecule has 1 aromatic heterocycles. The number of hydrogen-bond donors (Lipinski definition) is 12. The Kier molecular flexibility index (Phi) is 16.6. The summed E-state index contributed by atoms with van der Waals surface area (Å²) in [5.74, 6) is 5.56. The van der Waals surface area contributed by atoms with Crippen molar-refractivity contribution in [1.82, 2.24) is 9.55 Å². The molecule has 0 radical (unpaired) electrons. The van der Waals surface area contributed by atoms with E-state index in [9.17, 15) is 14.7 Å². The number of nitrogens with zero attached hydrogens (tertiary/aromatic N) is 1. The SMILES string of the molecule is CCCC#Cc1cn([C@H]2C[C@H](O)[C@@H](CO)O2)c(=O)[nH]c1=O.O=P(O)(O)O.O=P(O)(O)O.O=P(O)(O)O. The number of aromatic nitrogens is 2. The van der Waals surface area contributed by atoms with E-state index in [0.717, 1.165) is 6.42 Å². The number of hydrogen-bond acceptors (Lipinski definition) is 8. The van der Waals surface area contributed by atoms with Crippen molar-refractivity contribution in [1.29, 1.82) is 0 Å². The zero-order chi connectivity index (χ0) is 28.9. The first-order valence-corrected chi connectivity index (χ1v) is 13.9. The van der Waals surface area contributed by atoms with E-state index in [-0.39, 0.29) is 18.6 Å². The minimum atomic E-state index is -4.64. The first-order valence-electron chi connectivity index (χ1n) is 9.20. The fourth-order valence-electron chi connectivity index (χ4n) is 2.12. The molecule has 1 aliphatic rings. The normalized spacial score (nSPS) is 19.3. The Morgan fingerprint density at radius 2 is 1.44 bits per heavy atom. The standard InChI is InChI=1S/C14H18N2O5.3H3O4P/c1-2-3-4-5-9-7-16(14(20)15-13(9)19)12-6-10(18)11(8-17)21-12;3*1-5(2,3)4/h7,10-12,17-18H,2-3,6,8H2,1H3,(H,15,19,20);3*(H3,1,2,3,4)/t10-,11+,12+;;;/m0.../s1. The van der Waals surface area contributed by atoms with E-state index < -0.39 is 53.2 Å². The molecule has 0 spiro atoms. The van der Waals surface area contributed by atoms with Crippen molar-refractivity contribution in [3.8, 4) is 11.8 Å². The molecule has 12 N–H and O–H groups in total. The molecule has 22 heteroatoms. The number of unbranched alkanes of at least 4 members (excludes halogenated alkanes) is 1. The largest absolute Gasteiger partial charge is 0.466 e. The quantitative estimate of drug-likeness (QED) is 0.121. The summed E-state index contributed by atoms with van der Waals surface area (Å²) in [6, 6.07) is 0. The summed E-state index contributed by atoms with van der Waals surface area (Å²) >= 11 is 0. The second kappa shape index (κ2) is 16.3. The molecule has 0 bridgehead atoms. The van der Waals surface area contributed by atoms with E-state index in [1.165, 1.54) is 10.8 Å². The maximum Gasteiger partial charge on any atom is 0.466 e. The van der Waals surface area contributed by atoms with Crippen LogP contribution in [0.25, 0.3) is 0 Å². The summed E-state index contributed by atoms with van der Waals surface area (Å²) in [6.07, 6.45) is 0.717. The Balaban J connectivity index is 0. The van der Waals surface area contributed by atoms with E-state index in [4.69, 9.17) is 67.6 Å². The van der Waals surface area contributed by atoms with Crippen molar-refractivity contribution >= 4 is 23.5 Å². The highest BCUT2D eigenvalue weighted by molar-refractivity contribution is 7.45. The monoisotopic (exact) mass is 588 g/mol. The van der Waals surface area contributed by atoms with Gasteiger partial charge in [0, 0.05) is 19.0 Å². The fourth-order valence-corrected chi connectivity index (χ4v) is 2.12. The summed E-state index contributed by atoms with van der Waals surface area (Å²) in [4.78, 5) is 90.4. The zero-order valence-corrected chi connectivity index (χ0v) is 21.0. The topological polar surface area (TPSA) is 338 Å². The number of ether oxygens (including phenoxy) is 1. The molecule has 0 amide bonds. The van der Waals surface area contributed by atoms with E-state index in [1.54, 1.807) is 0 Å². The van der Waals surface area contributed by atoms with Crippen LogP contribution in [0.2, 0.25) is 0 Å². The van der Waals surface area contributed by atoms with Gasteiger partial charge in [-0.1, -0.05) is 18.8 Å². The number of H-pyrrole nitrogens is 1. The van der Waals surface area contributed by atoms with Crippen LogP contribution in [-0.4, -0.2) is 82.6 Å². The van der Waals surface area contributed by atoms with Crippen molar-refractivity contribution in [2.24, 2.45) is 0 Å². The van der Waals surface area contributed by atoms with Crippen molar-refractivity contribution in [3.63, 3.8) is 0 Å². The third kappa shape index (κ3) is 22.9. The van der Waals surface area contributed by atoms with Crippen LogP contribution in [0, 0.1) is 11.8 Å². The molecule has 1 fully saturated rings. The molecule has 0 aliphatic carbocycles. The van der Waals surface area contributed by atoms with E-state index in [1.807, 2.05) is 6.92 Å². The van der Waals surface area contributed by atoms with Gasteiger partial charge >= 0.3 is 29.2 Å². The smallest absolute Gasteiger partial charge is 0.394 e. The van der Waals surface area contributed by atoms with Crippen LogP contribution >= 0.6 is 23.5 Å². The first kappa shape index (κ1) is 36.6. The van der Waals surface area contributed by atoms with Crippen LogP contribution in [0.1, 0.15) is 38.0 Å². The van der Waals surface area contributed by atoms with Gasteiger partial charge in [-0.2, -0.15) is 0 Å². The summed E-state index contributed by atoms with van der Waals surface area (Å²) < 4.78 is 33.2. The predicted molar refractivity (Wildman–Crippen MR) is 118 cm³/mol. The minimum Gasteiger partial charge on any atom is -0.394 e. The minimum absolute atomic E-state index is 0.166. The lowest BCUT2D eigenvalue weighted by atomic mass is 10.2. The average Bonchev–Trinajstić information content (AvgIpc) is 3.00. The Bertz CT molecular complexity index is 1050. The number of aliphatic hydroxyl groups excluding tert-OH is 2. The van der Waals surface area contributed by atoms with Crippen LogP contribution in [0.15, 0.2) is 15.8 Å². The molecule has 1 aliphatic heterocycles. The number of aliphatic hydroxyl groups is 2. The number of nitrogens with one attached hydrogen (secondary N) is 1. The van der Waals surface area contributed by atoms with Crippen LogP contribution in [-0.2, 0) is 18.4 Å². The second-order valence-electron chi connectivity index (χ2n) is 6.42. The molecule has 0 saturated carbocycles. The van der Waals surface area contributed by atoms with Crippen molar-refractivity contribution in [2.45, 2.75) is 44.6 Å². The zero-order valence-electron chi connectivity index (χ0n) is 18.3. The molecule has 36 heavy (non-hydrogen) atoms. The molecule has 3 atom stereocenters. The summed E-state index contributed by atoms with van der Waals surface area (Å²) in [6.45, 7) is 1.64. The van der Waals surface area contributed by atoms with Gasteiger partial charge in [0.1, 0.15) is 17.9 Å². The molecule has 0 unspecified atom stereocenters. The Morgan fingerprint density at radius 3 is 1.81 bits per heavy atom. The highest BCUT2D eigenvalue weighted by Gasteiger charge is 2.35. The predicted octanol–water partition coefficient (Wildman–Crippen LogP) is -3.46. The lowest BCUT2D eigenvalue weighted by molar-refractivity contribution is -0.0459. The summed E-state index contributed by atoms with van der Waals surface area (Å²) in [5, 5.41) is 18.8. The number of phosphoric acid groups is 3.